The van der Waals surface area contributed by atoms with E-state index in [1.165, 1.54) is 0 Å². The van der Waals surface area contributed by atoms with Crippen molar-refractivity contribution in [2.24, 2.45) is 7.05 Å². The molecule has 2 heterocycles. The summed E-state index contributed by atoms with van der Waals surface area (Å²) in [6, 6.07) is 0. The molecule has 0 aliphatic heterocycles. The number of hydrogen-bond acceptors (Lipinski definition) is 7. The number of carboxylic acid groups (broad SMARTS) is 1. The standard InChI is InChI=1S/C9H9N5O2S/c1-14-8(6-4-10-2-3-11-6)12-13-9(14)17-5-7(15)16/h2-4H,5H2,1H3,(H,15,16)/p-1. The Hall–Kier alpha value is -1.96. The maximum Gasteiger partial charge on any atom is 0.191 e. The van der Waals surface area contributed by atoms with Gasteiger partial charge in [0.05, 0.1) is 12.2 Å². The Labute approximate surface area is 101 Å². The van der Waals surface area contributed by atoms with Crippen LogP contribution < -0.4 is 5.11 Å². The van der Waals surface area contributed by atoms with Gasteiger partial charge in [-0.05, 0) is 0 Å². The van der Waals surface area contributed by atoms with Gasteiger partial charge in [0.15, 0.2) is 11.0 Å². The quantitative estimate of drug-likeness (QED) is 0.649. The van der Waals surface area contributed by atoms with E-state index in [9.17, 15) is 9.90 Å². The van der Waals surface area contributed by atoms with Crippen LogP contribution in [0.25, 0.3) is 11.5 Å². The van der Waals surface area contributed by atoms with Gasteiger partial charge >= 0.3 is 0 Å². The molecule has 0 aliphatic rings. The van der Waals surface area contributed by atoms with E-state index in [1.54, 1.807) is 30.2 Å². The summed E-state index contributed by atoms with van der Waals surface area (Å²) in [5, 5.41) is 18.7. The molecule has 0 saturated carbocycles. The highest BCUT2D eigenvalue weighted by Gasteiger charge is 2.11. The van der Waals surface area contributed by atoms with Crippen molar-refractivity contribution >= 4 is 17.7 Å². The van der Waals surface area contributed by atoms with Crippen molar-refractivity contribution in [2.75, 3.05) is 5.75 Å². The second-order valence-corrected chi connectivity index (χ2v) is 4.06. The molecule has 88 valence electrons. The molecule has 8 heteroatoms. The van der Waals surface area contributed by atoms with Gasteiger partial charge in [-0.1, -0.05) is 11.8 Å². The second kappa shape index (κ2) is 4.91. The monoisotopic (exact) mass is 250 g/mol. The molecule has 2 aromatic rings. The van der Waals surface area contributed by atoms with Crippen molar-refractivity contribution in [1.82, 2.24) is 24.7 Å². The van der Waals surface area contributed by atoms with Crippen molar-refractivity contribution in [3.8, 4) is 11.5 Å². The van der Waals surface area contributed by atoms with E-state index < -0.39 is 5.97 Å². The maximum atomic E-state index is 10.3. The SMILES string of the molecule is Cn1c(SCC(=O)[O-])nnc1-c1cnccn1. The summed E-state index contributed by atoms with van der Waals surface area (Å²) in [4.78, 5) is 18.4. The largest absolute Gasteiger partial charge is 0.549 e. The summed E-state index contributed by atoms with van der Waals surface area (Å²) >= 11 is 1.05. The van der Waals surface area contributed by atoms with E-state index >= 15 is 0 Å². The van der Waals surface area contributed by atoms with Gasteiger partial charge in [-0.25, -0.2) is 4.98 Å². The summed E-state index contributed by atoms with van der Waals surface area (Å²) in [5.74, 6) is -0.759. The maximum absolute atomic E-state index is 10.3. The number of thioether (sulfide) groups is 1. The molecule has 0 bridgehead atoms. The first kappa shape index (κ1) is 11.5. The first-order valence-electron chi connectivity index (χ1n) is 4.67. The van der Waals surface area contributed by atoms with E-state index in [4.69, 9.17) is 0 Å². The van der Waals surface area contributed by atoms with Gasteiger partial charge in [0.2, 0.25) is 0 Å². The van der Waals surface area contributed by atoms with Crippen molar-refractivity contribution in [1.29, 1.82) is 0 Å². The molecular formula is C9H8N5O2S-. The molecule has 0 saturated heterocycles. The van der Waals surface area contributed by atoms with Crippen LogP contribution in [-0.2, 0) is 11.8 Å². The smallest absolute Gasteiger partial charge is 0.191 e. The third-order valence-electron chi connectivity index (χ3n) is 1.95. The summed E-state index contributed by atoms with van der Waals surface area (Å²) in [5.41, 5.74) is 0.586. The fourth-order valence-electron chi connectivity index (χ4n) is 1.20. The Morgan fingerprint density at radius 2 is 2.29 bits per heavy atom. The Morgan fingerprint density at radius 1 is 1.47 bits per heavy atom. The van der Waals surface area contributed by atoms with Crippen molar-refractivity contribution < 1.29 is 9.90 Å². The average Bonchev–Trinajstić information content (AvgIpc) is 2.69. The number of carbonyl (C=O) groups excluding carboxylic acids is 1. The van der Waals surface area contributed by atoms with Gasteiger partial charge in [-0.2, -0.15) is 0 Å². The molecule has 0 aromatic carbocycles. The number of hydrogen-bond donors (Lipinski definition) is 0. The molecule has 17 heavy (non-hydrogen) atoms. The van der Waals surface area contributed by atoms with Crippen LogP contribution in [0.5, 0.6) is 0 Å². The van der Waals surface area contributed by atoms with Crippen molar-refractivity contribution in [3.63, 3.8) is 0 Å². The highest BCUT2D eigenvalue weighted by Crippen LogP contribution is 2.19. The molecule has 0 unspecified atom stereocenters. The Bertz CT molecular complexity index is 527. The number of carbonyl (C=O) groups is 1. The normalized spacial score (nSPS) is 10.4. The predicted molar refractivity (Wildman–Crippen MR) is 57.8 cm³/mol. The van der Waals surface area contributed by atoms with Crippen LogP contribution in [0.2, 0.25) is 0 Å². The molecule has 0 atom stereocenters. The van der Waals surface area contributed by atoms with Gasteiger partial charge in [0.25, 0.3) is 0 Å². The van der Waals surface area contributed by atoms with Gasteiger partial charge in [-0.3, -0.25) is 4.98 Å². The number of aliphatic carboxylic acids is 1. The molecule has 0 amide bonds. The highest BCUT2D eigenvalue weighted by atomic mass is 32.2. The molecule has 0 fully saturated rings. The van der Waals surface area contributed by atoms with Gasteiger partial charge in [-0.15, -0.1) is 10.2 Å². The second-order valence-electron chi connectivity index (χ2n) is 3.12. The Morgan fingerprint density at radius 3 is 2.94 bits per heavy atom. The minimum atomic E-state index is -1.14. The number of aromatic nitrogens is 5. The fraction of sp³-hybridized carbons (Fsp3) is 0.222. The summed E-state index contributed by atoms with van der Waals surface area (Å²) in [6.45, 7) is 0. The lowest BCUT2D eigenvalue weighted by Crippen LogP contribution is -2.24. The number of rotatable bonds is 4. The van der Waals surface area contributed by atoms with Crippen LogP contribution in [-0.4, -0.2) is 36.5 Å². The Kier molecular flexibility index (Phi) is 3.33. The summed E-state index contributed by atoms with van der Waals surface area (Å²) < 4.78 is 1.66. The fourth-order valence-corrected chi connectivity index (χ4v) is 1.83. The van der Waals surface area contributed by atoms with Crippen molar-refractivity contribution in [3.05, 3.63) is 18.6 Å². The van der Waals surface area contributed by atoms with Gasteiger partial charge in [0, 0.05) is 25.2 Å². The first-order chi connectivity index (χ1) is 8.18. The first-order valence-corrected chi connectivity index (χ1v) is 5.65. The van der Waals surface area contributed by atoms with E-state index in [0.717, 1.165) is 11.8 Å². The summed E-state index contributed by atoms with van der Waals surface area (Å²) in [7, 11) is 1.74. The predicted octanol–water partition coefficient (Wildman–Crippen LogP) is -0.886. The molecule has 0 N–H and O–H groups in total. The highest BCUT2D eigenvalue weighted by molar-refractivity contribution is 7.99. The lowest BCUT2D eigenvalue weighted by Gasteiger charge is -2.03. The number of carboxylic acids is 1. The average molecular weight is 250 g/mol. The van der Waals surface area contributed by atoms with E-state index in [0.29, 0.717) is 16.7 Å². The molecule has 0 radical (unpaired) electrons. The third kappa shape index (κ3) is 2.59. The minimum absolute atomic E-state index is 0.160. The topological polar surface area (TPSA) is 96.6 Å². The van der Waals surface area contributed by atoms with Gasteiger partial charge in [0.1, 0.15) is 5.69 Å². The molecular weight excluding hydrogens is 242 g/mol. The lowest BCUT2D eigenvalue weighted by molar-refractivity contribution is -0.301. The van der Waals surface area contributed by atoms with Gasteiger partial charge < -0.3 is 14.5 Å². The minimum Gasteiger partial charge on any atom is -0.549 e. The molecule has 2 aromatic heterocycles. The van der Waals surface area contributed by atoms with Crippen LogP contribution in [0.15, 0.2) is 23.7 Å². The molecule has 0 spiro atoms. The zero-order valence-electron chi connectivity index (χ0n) is 8.90. The zero-order valence-corrected chi connectivity index (χ0v) is 9.72. The Balaban J connectivity index is 2.24. The van der Waals surface area contributed by atoms with E-state index in [-0.39, 0.29) is 5.75 Å². The van der Waals surface area contributed by atoms with E-state index in [1.807, 2.05) is 0 Å². The molecule has 0 aliphatic carbocycles. The van der Waals surface area contributed by atoms with Crippen LogP contribution in [0, 0.1) is 0 Å². The molecule has 7 nitrogen and oxygen atoms in total. The van der Waals surface area contributed by atoms with Crippen LogP contribution in [0.1, 0.15) is 0 Å². The van der Waals surface area contributed by atoms with Crippen LogP contribution in [0.4, 0.5) is 0 Å². The summed E-state index contributed by atoms with van der Waals surface area (Å²) in [6.07, 6.45) is 4.68. The lowest BCUT2D eigenvalue weighted by atomic mass is 10.4. The van der Waals surface area contributed by atoms with Crippen LogP contribution >= 0.6 is 11.8 Å². The zero-order chi connectivity index (χ0) is 12.3. The number of nitrogens with zero attached hydrogens (tertiary/aromatic N) is 5. The van der Waals surface area contributed by atoms with E-state index in [2.05, 4.69) is 20.2 Å². The molecule has 2 rings (SSSR count). The van der Waals surface area contributed by atoms with Crippen molar-refractivity contribution in [2.45, 2.75) is 5.16 Å². The van der Waals surface area contributed by atoms with Crippen LogP contribution in [0.3, 0.4) is 0 Å². The third-order valence-corrected chi connectivity index (χ3v) is 2.94.